The van der Waals surface area contributed by atoms with E-state index in [0.29, 0.717) is 16.1 Å². The second kappa shape index (κ2) is 5.46. The number of carboxylic acid groups (broad SMARTS) is 1. The van der Waals surface area contributed by atoms with Gasteiger partial charge >= 0.3 is 5.97 Å². The van der Waals surface area contributed by atoms with Crippen LogP contribution in [0.4, 0.5) is 11.4 Å². The van der Waals surface area contributed by atoms with Crippen molar-refractivity contribution in [3.63, 3.8) is 0 Å². The molecule has 0 heterocycles. The highest BCUT2D eigenvalue weighted by Crippen LogP contribution is 2.35. The fraction of sp³-hybridized carbons (Fsp3) is 0. The largest absolute Gasteiger partial charge is 0.478 e. The number of rotatable bonds is 3. The molecule has 2 N–H and O–H groups in total. The quantitative estimate of drug-likeness (QED) is 0.720. The van der Waals surface area contributed by atoms with Crippen LogP contribution in [0.15, 0.2) is 60.7 Å². The highest BCUT2D eigenvalue weighted by atomic mass is 35.5. The lowest BCUT2D eigenvalue weighted by Crippen LogP contribution is -2.04. The number of carboxylic acids is 1. The number of aromatic carboxylic acids is 1. The Labute approximate surface area is 126 Å². The third-order valence-corrected chi connectivity index (χ3v) is 3.56. The molecule has 0 aliphatic carbocycles. The van der Waals surface area contributed by atoms with Crippen LogP contribution in [0.25, 0.3) is 10.8 Å². The number of fused-ring (bicyclic) bond motifs is 1. The van der Waals surface area contributed by atoms with Gasteiger partial charge in [0.2, 0.25) is 0 Å². The molecule has 0 bridgehead atoms. The van der Waals surface area contributed by atoms with E-state index in [0.717, 1.165) is 11.1 Å². The first-order chi connectivity index (χ1) is 10.2. The summed E-state index contributed by atoms with van der Waals surface area (Å²) < 4.78 is 0. The van der Waals surface area contributed by atoms with Gasteiger partial charge in [-0.2, -0.15) is 0 Å². The third kappa shape index (κ3) is 2.56. The van der Waals surface area contributed by atoms with Gasteiger partial charge in [-0.15, -0.1) is 0 Å². The summed E-state index contributed by atoms with van der Waals surface area (Å²) in [6.45, 7) is 0. The average Bonchev–Trinajstić information content (AvgIpc) is 2.48. The number of benzene rings is 3. The summed E-state index contributed by atoms with van der Waals surface area (Å²) in [4.78, 5) is 11.7. The molecule has 0 aromatic heterocycles. The van der Waals surface area contributed by atoms with Gasteiger partial charge in [0.05, 0.1) is 16.3 Å². The molecule has 0 unspecified atom stereocenters. The van der Waals surface area contributed by atoms with Gasteiger partial charge in [0.25, 0.3) is 0 Å². The number of anilines is 2. The Bertz CT molecular complexity index is 816. The molecule has 0 aliphatic heterocycles. The van der Waals surface area contributed by atoms with Gasteiger partial charge in [-0.05, 0) is 29.0 Å². The molecule has 3 aromatic carbocycles. The molecule has 3 rings (SSSR count). The van der Waals surface area contributed by atoms with E-state index in [1.54, 1.807) is 12.1 Å². The van der Waals surface area contributed by atoms with Crippen LogP contribution >= 0.6 is 11.6 Å². The Hall–Kier alpha value is -2.52. The summed E-state index contributed by atoms with van der Waals surface area (Å²) in [5, 5.41) is 14.5. The minimum absolute atomic E-state index is 0.182. The third-order valence-electron chi connectivity index (χ3n) is 3.26. The molecular weight excluding hydrogens is 286 g/mol. The topological polar surface area (TPSA) is 49.3 Å². The van der Waals surface area contributed by atoms with Crippen LogP contribution < -0.4 is 5.32 Å². The Kier molecular flexibility index (Phi) is 3.50. The predicted octanol–water partition coefficient (Wildman–Crippen LogP) is 4.94. The van der Waals surface area contributed by atoms with E-state index >= 15 is 0 Å². The van der Waals surface area contributed by atoms with Crippen LogP contribution in [0.2, 0.25) is 5.02 Å². The summed E-state index contributed by atoms with van der Waals surface area (Å²) in [6.07, 6.45) is 0. The van der Waals surface area contributed by atoms with Crippen LogP contribution in [0.3, 0.4) is 0 Å². The lowest BCUT2D eigenvalue weighted by molar-refractivity contribution is 0.0700. The number of hydrogen-bond donors (Lipinski definition) is 2. The molecule has 0 atom stereocenters. The van der Waals surface area contributed by atoms with Gasteiger partial charge < -0.3 is 10.4 Å². The van der Waals surface area contributed by atoms with Crippen molar-refractivity contribution in [3.8, 4) is 0 Å². The van der Waals surface area contributed by atoms with Crippen LogP contribution in [-0.4, -0.2) is 11.1 Å². The van der Waals surface area contributed by atoms with Gasteiger partial charge in [0, 0.05) is 5.69 Å². The summed E-state index contributed by atoms with van der Waals surface area (Å²) in [5.74, 6) is -1.01. The first-order valence-corrected chi connectivity index (χ1v) is 6.81. The van der Waals surface area contributed by atoms with Crippen LogP contribution in [0, 0.1) is 0 Å². The minimum atomic E-state index is -1.01. The molecule has 0 radical (unpaired) electrons. The molecule has 104 valence electrons. The molecule has 0 saturated carbocycles. The Morgan fingerprint density at radius 3 is 2.38 bits per heavy atom. The minimum Gasteiger partial charge on any atom is -0.478 e. The van der Waals surface area contributed by atoms with Crippen molar-refractivity contribution in [2.24, 2.45) is 0 Å². The first kappa shape index (κ1) is 13.5. The molecule has 0 saturated heterocycles. The van der Waals surface area contributed by atoms with Gasteiger partial charge in [-0.25, -0.2) is 4.79 Å². The fourth-order valence-electron chi connectivity index (χ4n) is 2.32. The fourth-order valence-corrected chi connectivity index (χ4v) is 2.58. The summed E-state index contributed by atoms with van der Waals surface area (Å²) in [7, 11) is 0. The normalized spacial score (nSPS) is 10.5. The number of nitrogens with one attached hydrogen (secondary N) is 1. The zero-order chi connectivity index (χ0) is 14.8. The molecule has 0 amide bonds. The zero-order valence-electron chi connectivity index (χ0n) is 11.0. The predicted molar refractivity (Wildman–Crippen MR) is 85.6 cm³/mol. The summed E-state index contributed by atoms with van der Waals surface area (Å²) >= 11 is 6.28. The van der Waals surface area contributed by atoms with Crippen molar-refractivity contribution >= 4 is 39.7 Å². The van der Waals surface area contributed by atoms with Crippen molar-refractivity contribution in [1.29, 1.82) is 0 Å². The average molecular weight is 298 g/mol. The van der Waals surface area contributed by atoms with Crippen LogP contribution in [0.5, 0.6) is 0 Å². The Morgan fingerprint density at radius 1 is 1.00 bits per heavy atom. The van der Waals surface area contributed by atoms with E-state index < -0.39 is 5.97 Å². The van der Waals surface area contributed by atoms with Crippen molar-refractivity contribution in [1.82, 2.24) is 0 Å². The van der Waals surface area contributed by atoms with E-state index in [1.165, 1.54) is 0 Å². The SMILES string of the molecule is O=C(O)c1c(Nc2ccccc2)c(Cl)cc2ccccc12. The maximum atomic E-state index is 11.7. The Morgan fingerprint density at radius 2 is 1.67 bits per heavy atom. The first-order valence-electron chi connectivity index (χ1n) is 6.43. The van der Waals surface area contributed by atoms with E-state index in [2.05, 4.69) is 5.32 Å². The second-order valence-electron chi connectivity index (χ2n) is 4.63. The summed E-state index contributed by atoms with van der Waals surface area (Å²) in [5.41, 5.74) is 1.38. The number of halogens is 1. The van der Waals surface area contributed by atoms with E-state index in [4.69, 9.17) is 11.6 Å². The molecular formula is C17H12ClNO2. The molecule has 4 heteroatoms. The Balaban J connectivity index is 2.23. The molecule has 0 fully saturated rings. The van der Waals surface area contributed by atoms with Gasteiger partial charge in [0.15, 0.2) is 0 Å². The molecule has 3 nitrogen and oxygen atoms in total. The lowest BCUT2D eigenvalue weighted by atomic mass is 10.0. The number of para-hydroxylation sites is 1. The van der Waals surface area contributed by atoms with Gasteiger partial charge in [-0.1, -0.05) is 54.1 Å². The van der Waals surface area contributed by atoms with E-state index in [1.807, 2.05) is 48.5 Å². The number of carbonyl (C=O) groups is 1. The number of hydrogen-bond acceptors (Lipinski definition) is 2. The second-order valence-corrected chi connectivity index (χ2v) is 5.03. The van der Waals surface area contributed by atoms with E-state index in [9.17, 15) is 9.90 Å². The smallest absolute Gasteiger partial charge is 0.338 e. The van der Waals surface area contributed by atoms with Crippen molar-refractivity contribution in [2.45, 2.75) is 0 Å². The zero-order valence-corrected chi connectivity index (χ0v) is 11.8. The van der Waals surface area contributed by atoms with Crippen LogP contribution in [-0.2, 0) is 0 Å². The highest BCUT2D eigenvalue weighted by molar-refractivity contribution is 6.35. The van der Waals surface area contributed by atoms with Crippen molar-refractivity contribution in [3.05, 3.63) is 71.2 Å². The molecule has 21 heavy (non-hydrogen) atoms. The standard InChI is InChI=1S/C17H12ClNO2/c18-14-10-11-6-4-5-9-13(11)15(17(20)21)16(14)19-12-7-2-1-3-8-12/h1-10,19H,(H,20,21). The highest BCUT2D eigenvalue weighted by Gasteiger charge is 2.18. The van der Waals surface area contributed by atoms with Gasteiger partial charge in [-0.3, -0.25) is 0 Å². The van der Waals surface area contributed by atoms with Crippen LogP contribution in [0.1, 0.15) is 10.4 Å². The van der Waals surface area contributed by atoms with Crippen molar-refractivity contribution < 1.29 is 9.90 Å². The van der Waals surface area contributed by atoms with E-state index in [-0.39, 0.29) is 5.56 Å². The molecule has 3 aromatic rings. The maximum absolute atomic E-state index is 11.7. The maximum Gasteiger partial charge on any atom is 0.338 e. The van der Waals surface area contributed by atoms with Gasteiger partial charge in [0.1, 0.15) is 0 Å². The molecule has 0 aliphatic rings. The van der Waals surface area contributed by atoms with Crippen molar-refractivity contribution in [2.75, 3.05) is 5.32 Å². The monoisotopic (exact) mass is 297 g/mol. The molecule has 0 spiro atoms. The summed E-state index contributed by atoms with van der Waals surface area (Å²) in [6, 6.07) is 18.4. The lowest BCUT2D eigenvalue weighted by Gasteiger charge is -2.14.